The summed E-state index contributed by atoms with van der Waals surface area (Å²) in [7, 11) is 0. The number of aryl methyl sites for hydroxylation is 1. The lowest BCUT2D eigenvalue weighted by Gasteiger charge is -2.27. The average molecular weight is 442 g/mol. The molecule has 2 unspecified atom stereocenters. The zero-order valence-electron chi connectivity index (χ0n) is 18.0. The molecule has 164 valence electrons. The van der Waals surface area contributed by atoms with Crippen LogP contribution in [-0.4, -0.2) is 47.1 Å². The van der Waals surface area contributed by atoms with Crippen molar-refractivity contribution in [2.75, 3.05) is 13.2 Å². The van der Waals surface area contributed by atoms with Crippen LogP contribution in [0.15, 0.2) is 41.3 Å². The number of carbonyl (C=O) groups excluding carboxylic acids is 2. The largest absolute Gasteiger partial charge is 0.507 e. The summed E-state index contributed by atoms with van der Waals surface area (Å²) in [5, 5.41) is 13.1. The van der Waals surface area contributed by atoms with E-state index in [0.29, 0.717) is 24.5 Å². The highest BCUT2D eigenvalue weighted by Crippen LogP contribution is 2.43. The first-order chi connectivity index (χ1) is 14.9. The Hall–Kier alpha value is -2.64. The number of likely N-dealkylation sites (tertiary alicyclic amines) is 1. The van der Waals surface area contributed by atoms with E-state index in [1.165, 1.54) is 11.3 Å². The predicted octanol–water partition coefficient (Wildman–Crippen LogP) is 4.44. The molecule has 2 fully saturated rings. The highest BCUT2D eigenvalue weighted by atomic mass is 32.1. The van der Waals surface area contributed by atoms with Crippen molar-refractivity contribution in [2.24, 2.45) is 0 Å². The molecule has 1 amide bonds. The second kappa shape index (κ2) is 8.85. The van der Waals surface area contributed by atoms with Gasteiger partial charge >= 0.3 is 0 Å². The van der Waals surface area contributed by atoms with Crippen LogP contribution in [0, 0.1) is 6.92 Å². The van der Waals surface area contributed by atoms with Gasteiger partial charge in [0.1, 0.15) is 11.5 Å². The number of aliphatic hydroxyl groups is 1. The number of nitrogens with zero attached hydrogens (tertiary/aromatic N) is 1. The summed E-state index contributed by atoms with van der Waals surface area (Å²) in [4.78, 5) is 28.6. The van der Waals surface area contributed by atoms with Crippen molar-refractivity contribution in [3.63, 3.8) is 0 Å². The van der Waals surface area contributed by atoms with Gasteiger partial charge in [-0.3, -0.25) is 9.59 Å². The maximum absolute atomic E-state index is 13.1. The molecule has 7 heteroatoms. The van der Waals surface area contributed by atoms with Crippen molar-refractivity contribution >= 4 is 28.8 Å². The van der Waals surface area contributed by atoms with Gasteiger partial charge in [-0.15, -0.1) is 11.3 Å². The number of rotatable bonds is 6. The molecule has 2 atom stereocenters. The molecule has 2 saturated heterocycles. The molecule has 1 aromatic heterocycles. The predicted molar refractivity (Wildman–Crippen MR) is 119 cm³/mol. The van der Waals surface area contributed by atoms with E-state index in [4.69, 9.17) is 9.47 Å². The molecule has 2 aliphatic rings. The summed E-state index contributed by atoms with van der Waals surface area (Å²) in [6, 6.07) is 8.31. The van der Waals surface area contributed by atoms with Crippen molar-refractivity contribution < 1.29 is 24.2 Å². The monoisotopic (exact) mass is 441 g/mol. The van der Waals surface area contributed by atoms with Gasteiger partial charge in [-0.25, -0.2) is 0 Å². The average Bonchev–Trinajstić information content (AvgIpc) is 3.45. The first-order valence-corrected chi connectivity index (χ1v) is 11.5. The van der Waals surface area contributed by atoms with E-state index < -0.39 is 17.7 Å². The Morgan fingerprint density at radius 1 is 1.32 bits per heavy atom. The van der Waals surface area contributed by atoms with Crippen LogP contribution in [0.25, 0.3) is 5.76 Å². The number of Topliss-reactive ketones (excluding diaryl/α,β-unsaturated/α-hetero) is 1. The Labute approximate surface area is 186 Å². The van der Waals surface area contributed by atoms with Crippen molar-refractivity contribution in [2.45, 2.75) is 51.9 Å². The number of thiophene rings is 1. The summed E-state index contributed by atoms with van der Waals surface area (Å²) in [5.74, 6) is -0.843. The lowest BCUT2D eigenvalue weighted by Crippen LogP contribution is -2.36. The van der Waals surface area contributed by atoms with Gasteiger partial charge in [0, 0.05) is 23.6 Å². The number of carbonyl (C=O) groups is 2. The van der Waals surface area contributed by atoms with Crippen LogP contribution in [0.3, 0.4) is 0 Å². The molecule has 1 N–H and O–H groups in total. The fourth-order valence-corrected chi connectivity index (χ4v) is 5.20. The van der Waals surface area contributed by atoms with Crippen LogP contribution in [0.4, 0.5) is 0 Å². The quantitative estimate of drug-likeness (QED) is 0.407. The highest BCUT2D eigenvalue weighted by Gasteiger charge is 2.48. The summed E-state index contributed by atoms with van der Waals surface area (Å²) in [6.07, 6.45) is 1.68. The van der Waals surface area contributed by atoms with Crippen LogP contribution in [0.2, 0.25) is 0 Å². The zero-order chi connectivity index (χ0) is 22.1. The minimum absolute atomic E-state index is 0.0249. The standard InChI is InChI=1S/C24H27NO5S/c1-14(2)30-17-7-4-6-16(12-17)21(26)19-20(23-15(3)9-11-31-23)25(24(28)22(19)27)13-18-8-5-10-29-18/h4,6-7,9,11-12,14,18,20,26H,5,8,10,13H2,1-3H3/b21-19-. The fraction of sp³-hybridized carbons (Fsp3) is 0.417. The van der Waals surface area contributed by atoms with E-state index in [9.17, 15) is 14.7 Å². The molecule has 0 radical (unpaired) electrons. The van der Waals surface area contributed by atoms with E-state index in [-0.39, 0.29) is 23.5 Å². The third-order valence-electron chi connectivity index (χ3n) is 5.59. The normalized spacial score (nSPS) is 23.2. The summed E-state index contributed by atoms with van der Waals surface area (Å²) in [5.41, 5.74) is 1.56. The van der Waals surface area contributed by atoms with Crippen molar-refractivity contribution in [3.8, 4) is 5.75 Å². The maximum atomic E-state index is 13.1. The summed E-state index contributed by atoms with van der Waals surface area (Å²) < 4.78 is 11.5. The van der Waals surface area contributed by atoms with Crippen LogP contribution in [0.5, 0.6) is 5.75 Å². The number of ketones is 1. The van der Waals surface area contributed by atoms with Gasteiger partial charge in [0.05, 0.1) is 23.8 Å². The number of hydrogen-bond acceptors (Lipinski definition) is 6. The molecule has 0 aliphatic carbocycles. The molecule has 3 heterocycles. The van der Waals surface area contributed by atoms with E-state index in [1.54, 1.807) is 29.2 Å². The first kappa shape index (κ1) is 21.6. The number of aliphatic hydroxyl groups excluding tert-OH is 1. The van der Waals surface area contributed by atoms with Crippen LogP contribution in [0.1, 0.15) is 48.7 Å². The Balaban J connectivity index is 1.79. The summed E-state index contributed by atoms with van der Waals surface area (Å²) in [6.45, 7) is 6.79. The zero-order valence-corrected chi connectivity index (χ0v) is 18.8. The molecule has 0 saturated carbocycles. The number of hydrogen-bond donors (Lipinski definition) is 1. The van der Waals surface area contributed by atoms with Crippen LogP contribution < -0.4 is 4.74 Å². The van der Waals surface area contributed by atoms with E-state index >= 15 is 0 Å². The van der Waals surface area contributed by atoms with Crippen molar-refractivity contribution in [1.29, 1.82) is 0 Å². The van der Waals surface area contributed by atoms with Crippen molar-refractivity contribution in [1.82, 2.24) is 4.90 Å². The topological polar surface area (TPSA) is 76.1 Å². The molecule has 2 aliphatic heterocycles. The SMILES string of the molecule is Cc1ccsc1C1/C(=C(/O)c2cccc(OC(C)C)c2)C(=O)C(=O)N1CC1CCCO1. The third-order valence-corrected chi connectivity index (χ3v) is 6.66. The molecule has 4 rings (SSSR count). The number of benzene rings is 1. The highest BCUT2D eigenvalue weighted by molar-refractivity contribution is 7.10. The molecular formula is C24H27NO5S. The first-order valence-electron chi connectivity index (χ1n) is 10.6. The fourth-order valence-electron chi connectivity index (χ4n) is 4.16. The lowest BCUT2D eigenvalue weighted by molar-refractivity contribution is -0.140. The molecule has 0 spiro atoms. The Morgan fingerprint density at radius 3 is 2.77 bits per heavy atom. The van der Waals surface area contributed by atoms with Gasteiger partial charge in [-0.1, -0.05) is 12.1 Å². The molecular weight excluding hydrogens is 414 g/mol. The van der Waals surface area contributed by atoms with Gasteiger partial charge in [0.2, 0.25) is 0 Å². The minimum atomic E-state index is -0.663. The second-order valence-corrected chi connectivity index (χ2v) is 9.20. The molecule has 31 heavy (non-hydrogen) atoms. The second-order valence-electron chi connectivity index (χ2n) is 8.25. The minimum Gasteiger partial charge on any atom is -0.507 e. The van der Waals surface area contributed by atoms with Gasteiger partial charge in [-0.2, -0.15) is 0 Å². The Bertz CT molecular complexity index is 1020. The van der Waals surface area contributed by atoms with Crippen LogP contribution >= 0.6 is 11.3 Å². The van der Waals surface area contributed by atoms with Crippen molar-refractivity contribution in [3.05, 3.63) is 57.3 Å². The number of ether oxygens (including phenoxy) is 2. The molecule has 2 aromatic rings. The Kier molecular flexibility index (Phi) is 6.16. The van der Waals surface area contributed by atoms with Gasteiger partial charge < -0.3 is 19.5 Å². The van der Waals surface area contributed by atoms with Gasteiger partial charge in [-0.05, 0) is 62.8 Å². The van der Waals surface area contributed by atoms with Gasteiger partial charge in [0.25, 0.3) is 11.7 Å². The number of amides is 1. The smallest absolute Gasteiger partial charge is 0.295 e. The van der Waals surface area contributed by atoms with Gasteiger partial charge in [0.15, 0.2) is 0 Å². The van der Waals surface area contributed by atoms with E-state index in [2.05, 4.69) is 0 Å². The maximum Gasteiger partial charge on any atom is 0.295 e. The summed E-state index contributed by atoms with van der Waals surface area (Å²) >= 11 is 1.48. The molecule has 6 nitrogen and oxygen atoms in total. The molecule has 0 bridgehead atoms. The van der Waals surface area contributed by atoms with E-state index in [1.807, 2.05) is 32.2 Å². The molecule has 1 aromatic carbocycles. The van der Waals surface area contributed by atoms with Crippen LogP contribution in [-0.2, 0) is 14.3 Å². The van der Waals surface area contributed by atoms with E-state index in [0.717, 1.165) is 23.3 Å². The third kappa shape index (κ3) is 4.25. The lowest BCUT2D eigenvalue weighted by atomic mass is 9.98. The Morgan fingerprint density at radius 2 is 2.13 bits per heavy atom.